The van der Waals surface area contributed by atoms with Gasteiger partial charge in [-0.2, -0.15) is 0 Å². The molecule has 128 valence electrons. The number of hydrogen-bond acceptors (Lipinski definition) is 3. The largest absolute Gasteiger partial charge is 0.380 e. The molecule has 0 aliphatic rings. The number of methoxy groups -OCH3 is 1. The summed E-state index contributed by atoms with van der Waals surface area (Å²) in [5.41, 5.74) is 3.80. The molecule has 6 nitrogen and oxygen atoms in total. The Morgan fingerprint density at radius 2 is 2.00 bits per heavy atom. The van der Waals surface area contributed by atoms with Crippen molar-refractivity contribution in [3.05, 3.63) is 78.4 Å². The Bertz CT molecular complexity index is 814. The number of aromatic nitrogens is 2. The summed E-state index contributed by atoms with van der Waals surface area (Å²) in [6.45, 7) is 0.966. The molecular weight excluding hydrogens is 316 g/mol. The SMILES string of the molecule is COCc1cccc(NC(=O)NCc2ccc(-n3ccnc3)cc2)c1. The normalized spacial score (nSPS) is 10.4. The lowest BCUT2D eigenvalue weighted by Crippen LogP contribution is -2.28. The molecule has 0 atom stereocenters. The van der Waals surface area contributed by atoms with Gasteiger partial charge in [0.25, 0.3) is 0 Å². The van der Waals surface area contributed by atoms with Crippen LogP contribution in [-0.2, 0) is 17.9 Å². The van der Waals surface area contributed by atoms with Gasteiger partial charge in [0.1, 0.15) is 0 Å². The van der Waals surface area contributed by atoms with Crippen molar-refractivity contribution in [3.8, 4) is 5.69 Å². The summed E-state index contributed by atoms with van der Waals surface area (Å²) in [5, 5.41) is 5.68. The van der Waals surface area contributed by atoms with Gasteiger partial charge in [-0.05, 0) is 35.4 Å². The second-order valence-electron chi connectivity index (χ2n) is 5.58. The van der Waals surface area contributed by atoms with Crippen molar-refractivity contribution in [2.45, 2.75) is 13.2 Å². The third-order valence-electron chi connectivity index (χ3n) is 3.69. The highest BCUT2D eigenvalue weighted by Gasteiger charge is 2.03. The third-order valence-corrected chi connectivity index (χ3v) is 3.69. The molecule has 0 aliphatic carbocycles. The van der Waals surface area contributed by atoms with E-state index in [0.717, 1.165) is 22.5 Å². The Labute approximate surface area is 146 Å². The molecule has 6 heteroatoms. The first-order chi connectivity index (χ1) is 12.2. The molecule has 1 aromatic heterocycles. The van der Waals surface area contributed by atoms with Crippen molar-refractivity contribution in [1.82, 2.24) is 14.9 Å². The number of nitrogens with zero attached hydrogens (tertiary/aromatic N) is 2. The molecule has 0 fully saturated rings. The molecule has 25 heavy (non-hydrogen) atoms. The predicted octanol–water partition coefficient (Wildman–Crippen LogP) is 3.34. The van der Waals surface area contributed by atoms with Crippen LogP contribution in [0, 0.1) is 0 Å². The van der Waals surface area contributed by atoms with Crippen LogP contribution in [0.15, 0.2) is 67.3 Å². The van der Waals surface area contributed by atoms with Gasteiger partial charge in [-0.3, -0.25) is 0 Å². The van der Waals surface area contributed by atoms with Crippen molar-refractivity contribution in [2.75, 3.05) is 12.4 Å². The standard InChI is InChI=1S/C19H20N4O2/c1-25-13-16-3-2-4-17(11-16)22-19(24)21-12-15-5-7-18(8-6-15)23-10-9-20-14-23/h2-11,14H,12-13H2,1H3,(H2,21,22,24). The molecule has 0 aliphatic heterocycles. The van der Waals surface area contributed by atoms with Crippen molar-refractivity contribution in [2.24, 2.45) is 0 Å². The van der Waals surface area contributed by atoms with Crippen LogP contribution in [-0.4, -0.2) is 22.7 Å². The Morgan fingerprint density at radius 1 is 1.16 bits per heavy atom. The van der Waals surface area contributed by atoms with Crippen LogP contribution in [0.3, 0.4) is 0 Å². The van der Waals surface area contributed by atoms with Crippen LogP contribution in [0.4, 0.5) is 10.5 Å². The van der Waals surface area contributed by atoms with Crippen LogP contribution in [0.25, 0.3) is 5.69 Å². The zero-order chi connectivity index (χ0) is 17.5. The summed E-state index contributed by atoms with van der Waals surface area (Å²) in [6, 6.07) is 15.3. The first-order valence-electron chi connectivity index (χ1n) is 7.94. The topological polar surface area (TPSA) is 68.2 Å². The van der Waals surface area contributed by atoms with Gasteiger partial charge in [0.15, 0.2) is 0 Å². The number of carbonyl (C=O) groups excluding carboxylic acids is 1. The van der Waals surface area contributed by atoms with E-state index in [2.05, 4.69) is 15.6 Å². The number of benzene rings is 2. The fourth-order valence-corrected chi connectivity index (χ4v) is 2.46. The quantitative estimate of drug-likeness (QED) is 0.725. The first kappa shape index (κ1) is 16.7. The lowest BCUT2D eigenvalue weighted by molar-refractivity contribution is 0.185. The molecule has 0 unspecified atom stereocenters. The summed E-state index contributed by atoms with van der Waals surface area (Å²) < 4.78 is 7.02. The minimum absolute atomic E-state index is 0.242. The highest BCUT2D eigenvalue weighted by atomic mass is 16.5. The Hall–Kier alpha value is -3.12. The zero-order valence-corrected chi connectivity index (χ0v) is 14.0. The van der Waals surface area contributed by atoms with Gasteiger partial charge in [0, 0.05) is 37.4 Å². The molecule has 3 rings (SSSR count). The van der Waals surface area contributed by atoms with Gasteiger partial charge in [-0.15, -0.1) is 0 Å². The number of ether oxygens (including phenoxy) is 1. The summed E-state index contributed by atoms with van der Waals surface area (Å²) in [6.07, 6.45) is 5.37. The lowest BCUT2D eigenvalue weighted by atomic mass is 10.2. The second-order valence-corrected chi connectivity index (χ2v) is 5.58. The summed E-state index contributed by atoms with van der Waals surface area (Å²) in [4.78, 5) is 16.1. The van der Waals surface area contributed by atoms with E-state index in [4.69, 9.17) is 4.74 Å². The Balaban J connectivity index is 1.53. The zero-order valence-electron chi connectivity index (χ0n) is 14.0. The van der Waals surface area contributed by atoms with Crippen LogP contribution in [0.5, 0.6) is 0 Å². The van der Waals surface area contributed by atoms with E-state index < -0.39 is 0 Å². The van der Waals surface area contributed by atoms with E-state index in [-0.39, 0.29) is 6.03 Å². The van der Waals surface area contributed by atoms with Crippen LogP contribution < -0.4 is 10.6 Å². The first-order valence-corrected chi connectivity index (χ1v) is 7.94. The van der Waals surface area contributed by atoms with Gasteiger partial charge < -0.3 is 19.9 Å². The van der Waals surface area contributed by atoms with Crippen LogP contribution in [0.1, 0.15) is 11.1 Å². The average Bonchev–Trinajstić information content (AvgIpc) is 3.16. The molecule has 0 bridgehead atoms. The molecule has 0 radical (unpaired) electrons. The lowest BCUT2D eigenvalue weighted by Gasteiger charge is -2.09. The van der Waals surface area contributed by atoms with Crippen molar-refractivity contribution in [1.29, 1.82) is 0 Å². The molecular formula is C19H20N4O2. The summed E-state index contributed by atoms with van der Waals surface area (Å²) >= 11 is 0. The monoisotopic (exact) mass is 336 g/mol. The van der Waals surface area contributed by atoms with E-state index in [1.54, 1.807) is 19.6 Å². The van der Waals surface area contributed by atoms with Crippen LogP contribution >= 0.6 is 0 Å². The molecule has 0 saturated heterocycles. The minimum atomic E-state index is -0.242. The van der Waals surface area contributed by atoms with Gasteiger partial charge in [-0.1, -0.05) is 24.3 Å². The van der Waals surface area contributed by atoms with E-state index in [0.29, 0.717) is 13.2 Å². The molecule has 2 amide bonds. The number of amides is 2. The van der Waals surface area contributed by atoms with Gasteiger partial charge in [-0.25, -0.2) is 9.78 Å². The highest BCUT2D eigenvalue weighted by molar-refractivity contribution is 5.89. The summed E-state index contributed by atoms with van der Waals surface area (Å²) in [7, 11) is 1.64. The minimum Gasteiger partial charge on any atom is -0.380 e. The van der Waals surface area contributed by atoms with Gasteiger partial charge in [0.05, 0.1) is 12.9 Å². The molecule has 1 heterocycles. The van der Waals surface area contributed by atoms with E-state index in [1.807, 2.05) is 59.3 Å². The smallest absolute Gasteiger partial charge is 0.319 e. The molecule has 0 spiro atoms. The maximum absolute atomic E-state index is 12.0. The predicted molar refractivity (Wildman–Crippen MR) is 96.6 cm³/mol. The second kappa shape index (κ2) is 8.12. The number of nitrogens with one attached hydrogen (secondary N) is 2. The molecule has 0 saturated carbocycles. The number of carbonyl (C=O) groups is 1. The number of anilines is 1. The Morgan fingerprint density at radius 3 is 2.72 bits per heavy atom. The van der Waals surface area contributed by atoms with Crippen LogP contribution in [0.2, 0.25) is 0 Å². The third kappa shape index (κ3) is 4.68. The van der Waals surface area contributed by atoms with Crippen molar-refractivity contribution < 1.29 is 9.53 Å². The fourth-order valence-electron chi connectivity index (χ4n) is 2.46. The van der Waals surface area contributed by atoms with E-state index in [9.17, 15) is 4.79 Å². The summed E-state index contributed by atoms with van der Waals surface area (Å²) in [5.74, 6) is 0. The molecule has 3 aromatic rings. The number of imidazole rings is 1. The van der Waals surface area contributed by atoms with Gasteiger partial charge in [0.2, 0.25) is 0 Å². The van der Waals surface area contributed by atoms with E-state index in [1.165, 1.54) is 0 Å². The maximum Gasteiger partial charge on any atom is 0.319 e. The maximum atomic E-state index is 12.0. The molecule has 2 N–H and O–H groups in total. The van der Waals surface area contributed by atoms with E-state index >= 15 is 0 Å². The Kier molecular flexibility index (Phi) is 5.43. The number of rotatable bonds is 6. The van der Waals surface area contributed by atoms with Crippen molar-refractivity contribution >= 4 is 11.7 Å². The highest BCUT2D eigenvalue weighted by Crippen LogP contribution is 2.12. The average molecular weight is 336 g/mol. The number of urea groups is 1. The van der Waals surface area contributed by atoms with Crippen molar-refractivity contribution in [3.63, 3.8) is 0 Å². The van der Waals surface area contributed by atoms with Gasteiger partial charge >= 0.3 is 6.03 Å². The number of hydrogen-bond donors (Lipinski definition) is 2. The molecule has 2 aromatic carbocycles. The fraction of sp³-hybridized carbons (Fsp3) is 0.158.